The Labute approximate surface area is 74.6 Å². The SMILES string of the molecule is C=C1C(C)COC1OCCCC. The summed E-state index contributed by atoms with van der Waals surface area (Å²) in [6, 6.07) is 0. The van der Waals surface area contributed by atoms with Crippen LogP contribution in [0, 0.1) is 5.92 Å². The second-order valence-corrected chi connectivity index (χ2v) is 3.37. The molecule has 0 amide bonds. The van der Waals surface area contributed by atoms with Crippen molar-refractivity contribution < 1.29 is 9.47 Å². The van der Waals surface area contributed by atoms with Gasteiger partial charge in [0.05, 0.1) is 13.2 Å². The van der Waals surface area contributed by atoms with Crippen molar-refractivity contribution in [3.8, 4) is 0 Å². The van der Waals surface area contributed by atoms with Gasteiger partial charge in [0.25, 0.3) is 0 Å². The van der Waals surface area contributed by atoms with Gasteiger partial charge in [-0.2, -0.15) is 0 Å². The monoisotopic (exact) mass is 170 g/mol. The van der Waals surface area contributed by atoms with E-state index >= 15 is 0 Å². The topological polar surface area (TPSA) is 18.5 Å². The third kappa shape index (κ3) is 2.32. The molecule has 1 fully saturated rings. The lowest BCUT2D eigenvalue weighted by atomic mass is 10.1. The van der Waals surface area contributed by atoms with Crippen LogP contribution in [0.3, 0.4) is 0 Å². The van der Waals surface area contributed by atoms with Crippen LogP contribution in [0.4, 0.5) is 0 Å². The molecule has 0 N–H and O–H groups in total. The number of hydrogen-bond donors (Lipinski definition) is 0. The molecule has 0 aromatic rings. The van der Waals surface area contributed by atoms with Crippen LogP contribution in [0.25, 0.3) is 0 Å². The smallest absolute Gasteiger partial charge is 0.179 e. The van der Waals surface area contributed by atoms with Crippen LogP contribution in [0.5, 0.6) is 0 Å². The van der Waals surface area contributed by atoms with E-state index in [4.69, 9.17) is 9.47 Å². The molecular formula is C10H18O2. The first-order valence-electron chi connectivity index (χ1n) is 4.67. The molecule has 0 aromatic carbocycles. The Morgan fingerprint density at radius 1 is 1.67 bits per heavy atom. The van der Waals surface area contributed by atoms with Gasteiger partial charge in [0.1, 0.15) is 0 Å². The zero-order valence-electron chi connectivity index (χ0n) is 8.01. The maximum Gasteiger partial charge on any atom is 0.179 e. The Kier molecular flexibility index (Phi) is 3.76. The second kappa shape index (κ2) is 4.63. The summed E-state index contributed by atoms with van der Waals surface area (Å²) in [5, 5.41) is 0. The van der Waals surface area contributed by atoms with Crippen molar-refractivity contribution in [1.29, 1.82) is 0 Å². The summed E-state index contributed by atoms with van der Waals surface area (Å²) in [4.78, 5) is 0. The molecule has 1 aliphatic heterocycles. The third-order valence-corrected chi connectivity index (χ3v) is 2.20. The van der Waals surface area contributed by atoms with Crippen molar-refractivity contribution in [1.82, 2.24) is 0 Å². The number of rotatable bonds is 4. The standard InChI is InChI=1S/C10H18O2/c1-4-5-6-11-10-9(3)8(2)7-12-10/h8,10H,3-7H2,1-2H3. The summed E-state index contributed by atoms with van der Waals surface area (Å²) in [5.41, 5.74) is 1.09. The van der Waals surface area contributed by atoms with Crippen molar-refractivity contribution in [2.45, 2.75) is 33.0 Å². The molecule has 0 saturated carbocycles. The number of unbranched alkanes of at least 4 members (excludes halogenated alkanes) is 1. The van der Waals surface area contributed by atoms with E-state index in [1.54, 1.807) is 0 Å². The van der Waals surface area contributed by atoms with E-state index in [9.17, 15) is 0 Å². The summed E-state index contributed by atoms with van der Waals surface area (Å²) in [7, 11) is 0. The van der Waals surface area contributed by atoms with Gasteiger partial charge in [-0.1, -0.05) is 26.8 Å². The van der Waals surface area contributed by atoms with Gasteiger partial charge in [-0.25, -0.2) is 0 Å². The fourth-order valence-corrected chi connectivity index (χ4v) is 1.17. The van der Waals surface area contributed by atoms with E-state index in [0.717, 1.165) is 31.6 Å². The Balaban J connectivity index is 2.20. The highest BCUT2D eigenvalue weighted by molar-refractivity contribution is 5.07. The van der Waals surface area contributed by atoms with Gasteiger partial charge in [-0.15, -0.1) is 0 Å². The van der Waals surface area contributed by atoms with Crippen LogP contribution in [0.1, 0.15) is 26.7 Å². The summed E-state index contributed by atoms with van der Waals surface area (Å²) >= 11 is 0. The van der Waals surface area contributed by atoms with E-state index in [-0.39, 0.29) is 6.29 Å². The fourth-order valence-electron chi connectivity index (χ4n) is 1.17. The van der Waals surface area contributed by atoms with E-state index in [1.165, 1.54) is 0 Å². The van der Waals surface area contributed by atoms with Gasteiger partial charge in [0, 0.05) is 5.92 Å². The van der Waals surface area contributed by atoms with Crippen molar-refractivity contribution >= 4 is 0 Å². The molecule has 1 aliphatic rings. The van der Waals surface area contributed by atoms with E-state index < -0.39 is 0 Å². The predicted molar refractivity (Wildman–Crippen MR) is 48.9 cm³/mol. The molecule has 2 heteroatoms. The third-order valence-electron chi connectivity index (χ3n) is 2.20. The lowest BCUT2D eigenvalue weighted by Gasteiger charge is -2.12. The molecule has 0 bridgehead atoms. The molecule has 1 heterocycles. The normalized spacial score (nSPS) is 29.7. The van der Waals surface area contributed by atoms with Crippen LogP contribution in [0.2, 0.25) is 0 Å². The van der Waals surface area contributed by atoms with Crippen LogP contribution in [-0.4, -0.2) is 19.5 Å². The van der Waals surface area contributed by atoms with Crippen molar-refractivity contribution in [2.75, 3.05) is 13.2 Å². The molecule has 2 nitrogen and oxygen atoms in total. The van der Waals surface area contributed by atoms with Crippen molar-refractivity contribution in [2.24, 2.45) is 5.92 Å². The van der Waals surface area contributed by atoms with Crippen LogP contribution >= 0.6 is 0 Å². The zero-order chi connectivity index (χ0) is 8.97. The molecule has 0 aliphatic carbocycles. The quantitative estimate of drug-likeness (QED) is 0.476. The van der Waals surface area contributed by atoms with Gasteiger partial charge < -0.3 is 9.47 Å². The Bertz CT molecular complexity index is 154. The van der Waals surface area contributed by atoms with Gasteiger partial charge in [-0.05, 0) is 12.0 Å². The van der Waals surface area contributed by atoms with Gasteiger partial charge in [-0.3, -0.25) is 0 Å². The first-order valence-corrected chi connectivity index (χ1v) is 4.67. The molecule has 12 heavy (non-hydrogen) atoms. The molecule has 0 radical (unpaired) electrons. The van der Waals surface area contributed by atoms with E-state index in [2.05, 4.69) is 20.4 Å². The van der Waals surface area contributed by atoms with Crippen LogP contribution in [0.15, 0.2) is 12.2 Å². The highest BCUT2D eigenvalue weighted by Gasteiger charge is 2.26. The Hall–Kier alpha value is -0.340. The zero-order valence-corrected chi connectivity index (χ0v) is 8.01. The fraction of sp³-hybridized carbons (Fsp3) is 0.800. The summed E-state index contributed by atoms with van der Waals surface area (Å²) in [6.45, 7) is 9.76. The van der Waals surface area contributed by atoms with Gasteiger partial charge in [0.2, 0.25) is 0 Å². The average Bonchev–Trinajstić information content (AvgIpc) is 2.36. The lowest BCUT2D eigenvalue weighted by molar-refractivity contribution is -0.0936. The highest BCUT2D eigenvalue weighted by Crippen LogP contribution is 2.24. The molecule has 0 spiro atoms. The Morgan fingerprint density at radius 2 is 2.42 bits per heavy atom. The summed E-state index contributed by atoms with van der Waals surface area (Å²) < 4.78 is 10.9. The van der Waals surface area contributed by atoms with Crippen LogP contribution < -0.4 is 0 Å². The van der Waals surface area contributed by atoms with Gasteiger partial charge >= 0.3 is 0 Å². The van der Waals surface area contributed by atoms with Crippen molar-refractivity contribution in [3.63, 3.8) is 0 Å². The van der Waals surface area contributed by atoms with E-state index in [1.807, 2.05) is 0 Å². The molecule has 70 valence electrons. The Morgan fingerprint density at radius 3 is 2.92 bits per heavy atom. The van der Waals surface area contributed by atoms with Crippen molar-refractivity contribution in [3.05, 3.63) is 12.2 Å². The van der Waals surface area contributed by atoms with Crippen LogP contribution in [-0.2, 0) is 9.47 Å². The van der Waals surface area contributed by atoms with Gasteiger partial charge in [0.15, 0.2) is 6.29 Å². The first kappa shape index (κ1) is 9.75. The summed E-state index contributed by atoms with van der Waals surface area (Å²) in [5.74, 6) is 0.455. The molecule has 1 rings (SSSR count). The second-order valence-electron chi connectivity index (χ2n) is 3.37. The first-order chi connectivity index (χ1) is 5.75. The molecule has 1 saturated heterocycles. The molecule has 0 aromatic heterocycles. The maximum absolute atomic E-state index is 5.50. The highest BCUT2D eigenvalue weighted by atomic mass is 16.7. The minimum atomic E-state index is -0.133. The minimum Gasteiger partial charge on any atom is -0.349 e. The average molecular weight is 170 g/mol. The maximum atomic E-state index is 5.50. The number of ether oxygens (including phenoxy) is 2. The lowest BCUT2D eigenvalue weighted by Crippen LogP contribution is -2.13. The molecule has 2 unspecified atom stereocenters. The summed E-state index contributed by atoms with van der Waals surface area (Å²) in [6.07, 6.45) is 2.13. The molecular weight excluding hydrogens is 152 g/mol. The largest absolute Gasteiger partial charge is 0.349 e. The van der Waals surface area contributed by atoms with E-state index in [0.29, 0.717) is 5.92 Å². The minimum absolute atomic E-state index is 0.133. The molecule has 2 atom stereocenters. The number of hydrogen-bond acceptors (Lipinski definition) is 2. The predicted octanol–water partition coefficient (Wildman–Crippen LogP) is 2.35.